The fraction of sp³-hybridized carbons (Fsp3) is 0.824. The van der Waals surface area contributed by atoms with Crippen LogP contribution in [0.5, 0.6) is 0 Å². The van der Waals surface area contributed by atoms with Crippen LogP contribution in [0.2, 0.25) is 0 Å². The molecular weight excluding hydrogens is 246 g/mol. The van der Waals surface area contributed by atoms with Gasteiger partial charge in [-0.1, -0.05) is 51.9 Å². The lowest BCUT2D eigenvalue weighted by Crippen LogP contribution is -2.11. The Labute approximate surface area is 124 Å². The highest BCUT2D eigenvalue weighted by Crippen LogP contribution is 2.33. The first-order chi connectivity index (χ1) is 9.74. The van der Waals surface area contributed by atoms with E-state index in [1.165, 1.54) is 70.0 Å². The summed E-state index contributed by atoms with van der Waals surface area (Å²) in [6.07, 6.45) is 14.3. The average Bonchev–Trinajstić information content (AvgIpc) is 2.76. The Morgan fingerprint density at radius 3 is 2.50 bits per heavy atom. The SMILES string of the molecule is CCCCCCCc1nc(C2CCCCC2)n(C)c1N. The molecule has 1 fully saturated rings. The van der Waals surface area contributed by atoms with E-state index in [2.05, 4.69) is 18.5 Å². The molecule has 3 heteroatoms. The summed E-state index contributed by atoms with van der Waals surface area (Å²) < 4.78 is 2.15. The van der Waals surface area contributed by atoms with Gasteiger partial charge >= 0.3 is 0 Å². The summed E-state index contributed by atoms with van der Waals surface area (Å²) in [7, 11) is 2.09. The molecule has 1 aromatic rings. The van der Waals surface area contributed by atoms with Crippen molar-refractivity contribution in [3.8, 4) is 0 Å². The lowest BCUT2D eigenvalue weighted by molar-refractivity contribution is 0.421. The van der Waals surface area contributed by atoms with Gasteiger partial charge in [0.15, 0.2) is 0 Å². The molecule has 0 bridgehead atoms. The Hall–Kier alpha value is -0.990. The van der Waals surface area contributed by atoms with Crippen molar-refractivity contribution < 1.29 is 0 Å². The van der Waals surface area contributed by atoms with Gasteiger partial charge in [-0.25, -0.2) is 4.98 Å². The van der Waals surface area contributed by atoms with E-state index in [4.69, 9.17) is 10.7 Å². The van der Waals surface area contributed by atoms with Crippen LogP contribution < -0.4 is 5.73 Å². The molecule has 0 spiro atoms. The van der Waals surface area contributed by atoms with Crippen LogP contribution in [0, 0.1) is 0 Å². The molecule has 1 aliphatic carbocycles. The van der Waals surface area contributed by atoms with Gasteiger partial charge in [0, 0.05) is 13.0 Å². The van der Waals surface area contributed by atoms with Gasteiger partial charge in [0.2, 0.25) is 0 Å². The minimum Gasteiger partial charge on any atom is -0.384 e. The second-order valence-electron chi connectivity index (χ2n) is 6.36. The third kappa shape index (κ3) is 3.77. The molecule has 0 aliphatic heterocycles. The maximum Gasteiger partial charge on any atom is 0.126 e. The van der Waals surface area contributed by atoms with Crippen molar-refractivity contribution >= 4 is 5.82 Å². The number of nitrogens with two attached hydrogens (primary N) is 1. The fourth-order valence-electron chi connectivity index (χ4n) is 3.39. The number of rotatable bonds is 7. The van der Waals surface area contributed by atoms with Crippen LogP contribution in [0.3, 0.4) is 0 Å². The first-order valence-electron chi connectivity index (χ1n) is 8.55. The molecule has 0 unspecified atom stereocenters. The number of imidazole rings is 1. The Balaban J connectivity index is 1.92. The van der Waals surface area contributed by atoms with E-state index in [0.29, 0.717) is 5.92 Å². The summed E-state index contributed by atoms with van der Waals surface area (Å²) in [5.74, 6) is 2.79. The summed E-state index contributed by atoms with van der Waals surface area (Å²) in [4.78, 5) is 4.89. The number of aromatic nitrogens is 2. The summed E-state index contributed by atoms with van der Waals surface area (Å²) in [6, 6.07) is 0. The van der Waals surface area contributed by atoms with Crippen molar-refractivity contribution in [2.45, 2.75) is 83.5 Å². The number of aryl methyl sites for hydroxylation is 1. The second kappa shape index (κ2) is 7.70. The molecule has 2 rings (SSSR count). The van der Waals surface area contributed by atoms with Crippen molar-refractivity contribution in [3.05, 3.63) is 11.5 Å². The molecule has 114 valence electrons. The Bertz CT molecular complexity index is 403. The number of anilines is 1. The lowest BCUT2D eigenvalue weighted by atomic mass is 9.89. The van der Waals surface area contributed by atoms with Crippen LogP contribution in [0.4, 0.5) is 5.82 Å². The summed E-state index contributed by atoms with van der Waals surface area (Å²) >= 11 is 0. The number of nitrogen functional groups attached to an aromatic ring is 1. The van der Waals surface area contributed by atoms with Gasteiger partial charge in [0.25, 0.3) is 0 Å². The van der Waals surface area contributed by atoms with E-state index >= 15 is 0 Å². The molecule has 1 heterocycles. The van der Waals surface area contributed by atoms with E-state index in [9.17, 15) is 0 Å². The molecule has 0 saturated heterocycles. The van der Waals surface area contributed by atoms with Crippen molar-refractivity contribution in [3.63, 3.8) is 0 Å². The number of hydrogen-bond donors (Lipinski definition) is 1. The predicted octanol–water partition coefficient (Wildman–Crippen LogP) is 4.56. The van der Waals surface area contributed by atoms with Crippen LogP contribution in [-0.2, 0) is 13.5 Å². The molecule has 0 radical (unpaired) electrons. The van der Waals surface area contributed by atoms with Crippen LogP contribution in [-0.4, -0.2) is 9.55 Å². The van der Waals surface area contributed by atoms with Gasteiger partial charge in [0.1, 0.15) is 11.6 Å². The van der Waals surface area contributed by atoms with Crippen molar-refractivity contribution in [1.82, 2.24) is 9.55 Å². The molecule has 0 amide bonds. The van der Waals surface area contributed by atoms with Crippen molar-refractivity contribution in [2.75, 3.05) is 5.73 Å². The fourth-order valence-corrected chi connectivity index (χ4v) is 3.39. The molecule has 1 saturated carbocycles. The van der Waals surface area contributed by atoms with Gasteiger partial charge in [-0.3, -0.25) is 0 Å². The van der Waals surface area contributed by atoms with E-state index in [1.54, 1.807) is 0 Å². The van der Waals surface area contributed by atoms with E-state index in [-0.39, 0.29) is 0 Å². The van der Waals surface area contributed by atoms with Crippen LogP contribution >= 0.6 is 0 Å². The van der Waals surface area contributed by atoms with E-state index in [0.717, 1.165) is 17.9 Å². The zero-order valence-electron chi connectivity index (χ0n) is 13.3. The molecule has 0 aromatic carbocycles. The Kier molecular flexibility index (Phi) is 5.93. The zero-order chi connectivity index (χ0) is 14.4. The minimum atomic E-state index is 0.643. The smallest absolute Gasteiger partial charge is 0.126 e. The summed E-state index contributed by atoms with van der Waals surface area (Å²) in [6.45, 7) is 2.26. The standard InChI is InChI=1S/C17H31N3/c1-3-4-5-6-10-13-15-16(18)20(2)17(19-15)14-11-8-7-9-12-14/h14H,3-13,18H2,1-2H3. The zero-order valence-corrected chi connectivity index (χ0v) is 13.3. The lowest BCUT2D eigenvalue weighted by Gasteiger charge is -2.21. The van der Waals surface area contributed by atoms with E-state index < -0.39 is 0 Å². The van der Waals surface area contributed by atoms with Crippen LogP contribution in [0.25, 0.3) is 0 Å². The van der Waals surface area contributed by atoms with Gasteiger partial charge in [-0.15, -0.1) is 0 Å². The topological polar surface area (TPSA) is 43.8 Å². The summed E-state index contributed by atoms with van der Waals surface area (Å²) in [5.41, 5.74) is 7.39. The molecule has 20 heavy (non-hydrogen) atoms. The largest absolute Gasteiger partial charge is 0.384 e. The van der Waals surface area contributed by atoms with Crippen molar-refractivity contribution in [1.29, 1.82) is 0 Å². The van der Waals surface area contributed by atoms with Gasteiger partial charge in [-0.2, -0.15) is 0 Å². The average molecular weight is 277 g/mol. The Morgan fingerprint density at radius 2 is 1.80 bits per heavy atom. The van der Waals surface area contributed by atoms with Gasteiger partial charge in [0.05, 0.1) is 5.69 Å². The third-order valence-electron chi connectivity index (χ3n) is 4.74. The second-order valence-corrected chi connectivity index (χ2v) is 6.36. The van der Waals surface area contributed by atoms with Gasteiger partial charge in [-0.05, 0) is 25.7 Å². The van der Waals surface area contributed by atoms with Crippen LogP contribution in [0.15, 0.2) is 0 Å². The molecule has 0 atom stereocenters. The van der Waals surface area contributed by atoms with Crippen LogP contribution in [0.1, 0.15) is 88.6 Å². The highest BCUT2D eigenvalue weighted by Gasteiger charge is 2.22. The molecule has 3 nitrogen and oxygen atoms in total. The predicted molar refractivity (Wildman–Crippen MR) is 85.9 cm³/mol. The Morgan fingerprint density at radius 1 is 1.10 bits per heavy atom. The first-order valence-corrected chi connectivity index (χ1v) is 8.55. The highest BCUT2D eigenvalue weighted by atomic mass is 15.1. The van der Waals surface area contributed by atoms with E-state index in [1.807, 2.05) is 0 Å². The number of nitrogens with zero attached hydrogens (tertiary/aromatic N) is 2. The normalized spacial score (nSPS) is 16.7. The highest BCUT2D eigenvalue weighted by molar-refractivity contribution is 5.38. The summed E-state index contributed by atoms with van der Waals surface area (Å²) in [5, 5.41) is 0. The first kappa shape index (κ1) is 15.4. The quantitative estimate of drug-likeness (QED) is 0.742. The number of unbranched alkanes of at least 4 members (excludes halogenated alkanes) is 4. The molecule has 2 N–H and O–H groups in total. The minimum absolute atomic E-state index is 0.643. The monoisotopic (exact) mass is 277 g/mol. The number of hydrogen-bond acceptors (Lipinski definition) is 2. The molecular formula is C17H31N3. The van der Waals surface area contributed by atoms with Crippen molar-refractivity contribution in [2.24, 2.45) is 7.05 Å². The molecule has 1 aliphatic rings. The maximum atomic E-state index is 6.25. The third-order valence-corrected chi connectivity index (χ3v) is 4.74. The maximum absolute atomic E-state index is 6.25. The molecule has 1 aromatic heterocycles. The van der Waals surface area contributed by atoms with Gasteiger partial charge < -0.3 is 10.3 Å².